The first-order valence-electron chi connectivity index (χ1n) is 7.29. The summed E-state index contributed by atoms with van der Waals surface area (Å²) in [6.07, 6.45) is 13.1. The van der Waals surface area contributed by atoms with Crippen molar-refractivity contribution in [1.29, 1.82) is 0 Å². The van der Waals surface area contributed by atoms with Crippen molar-refractivity contribution in [3.8, 4) is 0 Å². The molecule has 0 aromatic carbocycles. The zero-order valence-electron chi connectivity index (χ0n) is 11.6. The quantitative estimate of drug-likeness (QED) is 0.408. The Balaban J connectivity index is 1.57. The summed E-state index contributed by atoms with van der Waals surface area (Å²) in [7, 11) is 0. The van der Waals surface area contributed by atoms with Crippen molar-refractivity contribution < 1.29 is 4.79 Å². The third kappa shape index (κ3) is 4.34. The van der Waals surface area contributed by atoms with Gasteiger partial charge in [-0.3, -0.25) is 9.52 Å². The maximum atomic E-state index is 11.9. The molecule has 0 bridgehead atoms. The Labute approximate surface area is 115 Å². The van der Waals surface area contributed by atoms with Gasteiger partial charge < -0.3 is 0 Å². The van der Waals surface area contributed by atoms with Crippen LogP contribution in [0.1, 0.15) is 58.8 Å². The third-order valence-corrected chi connectivity index (χ3v) is 5.09. The monoisotopic (exact) mass is 267 g/mol. The molecule has 1 N–H and O–H groups in total. The molecule has 2 atom stereocenters. The van der Waals surface area contributed by atoms with Crippen molar-refractivity contribution in [1.82, 2.24) is 4.72 Å². The van der Waals surface area contributed by atoms with E-state index in [4.69, 9.17) is 0 Å². The summed E-state index contributed by atoms with van der Waals surface area (Å²) in [5, 5.41) is 0. The molecule has 2 aliphatic rings. The van der Waals surface area contributed by atoms with Gasteiger partial charge in [0.2, 0.25) is 5.91 Å². The van der Waals surface area contributed by atoms with Crippen molar-refractivity contribution in [3.63, 3.8) is 0 Å². The smallest absolute Gasteiger partial charge is 0.233 e. The number of hydrogen-bond donors (Lipinski definition) is 1. The highest BCUT2D eigenvalue weighted by molar-refractivity contribution is 7.99. The molecule has 2 rings (SSSR count). The molecule has 0 heterocycles. The number of rotatable bonds is 8. The maximum Gasteiger partial charge on any atom is 0.233 e. The van der Waals surface area contributed by atoms with E-state index in [0.717, 1.165) is 6.42 Å². The second kappa shape index (κ2) is 6.14. The molecular weight excluding hydrogens is 242 g/mol. The first-order valence-corrected chi connectivity index (χ1v) is 8.11. The molecule has 18 heavy (non-hydrogen) atoms. The number of amides is 1. The summed E-state index contributed by atoms with van der Waals surface area (Å²) in [5.41, 5.74) is 0. The molecular formula is C15H25NOS. The Bertz CT molecular complexity index is 322. The Morgan fingerprint density at radius 1 is 1.44 bits per heavy atom. The van der Waals surface area contributed by atoms with Gasteiger partial charge in [0.25, 0.3) is 0 Å². The van der Waals surface area contributed by atoms with Crippen molar-refractivity contribution in [2.45, 2.75) is 63.5 Å². The van der Waals surface area contributed by atoms with Gasteiger partial charge in [0.05, 0.1) is 0 Å². The summed E-state index contributed by atoms with van der Waals surface area (Å²) in [4.78, 5) is 11.9. The molecule has 3 heteroatoms. The van der Waals surface area contributed by atoms with E-state index in [9.17, 15) is 4.79 Å². The molecule has 0 spiro atoms. The van der Waals surface area contributed by atoms with Crippen LogP contribution < -0.4 is 4.72 Å². The van der Waals surface area contributed by atoms with Gasteiger partial charge >= 0.3 is 0 Å². The average Bonchev–Trinajstić information content (AvgIpc) is 3.25. The largest absolute Gasteiger partial charge is 0.299 e. The van der Waals surface area contributed by atoms with Crippen LogP contribution in [0, 0.1) is 11.8 Å². The molecule has 0 aliphatic heterocycles. The van der Waals surface area contributed by atoms with E-state index in [-0.39, 0.29) is 11.8 Å². The lowest BCUT2D eigenvalue weighted by Gasteiger charge is -2.08. The highest BCUT2D eigenvalue weighted by Gasteiger charge is 2.43. The SMILES string of the molecule is CCCCC/C=C\C1CC1C(=O)NSC1(C)CC1. The van der Waals surface area contributed by atoms with Crippen LogP contribution in [0.4, 0.5) is 0 Å². The molecule has 102 valence electrons. The van der Waals surface area contributed by atoms with Crippen molar-refractivity contribution in [3.05, 3.63) is 12.2 Å². The second-order valence-electron chi connectivity index (χ2n) is 5.95. The first kappa shape index (κ1) is 14.0. The lowest BCUT2D eigenvalue weighted by atomic mass is 10.2. The van der Waals surface area contributed by atoms with Crippen molar-refractivity contribution in [2.24, 2.45) is 11.8 Å². The number of allylic oxidation sites excluding steroid dienone is 2. The van der Waals surface area contributed by atoms with Crippen LogP contribution in [-0.2, 0) is 4.79 Å². The van der Waals surface area contributed by atoms with Crippen LogP contribution >= 0.6 is 11.9 Å². The zero-order chi connectivity index (χ0) is 13.0. The minimum absolute atomic E-state index is 0.247. The van der Waals surface area contributed by atoms with Crippen molar-refractivity contribution >= 4 is 17.9 Å². The molecule has 0 aromatic heterocycles. The molecule has 2 saturated carbocycles. The van der Waals surface area contributed by atoms with E-state index in [2.05, 4.69) is 30.7 Å². The van der Waals surface area contributed by atoms with Crippen molar-refractivity contribution in [2.75, 3.05) is 0 Å². The molecule has 2 unspecified atom stereocenters. The predicted octanol–water partition coefficient (Wildman–Crippen LogP) is 4.08. The van der Waals surface area contributed by atoms with E-state index < -0.39 is 0 Å². The maximum absolute atomic E-state index is 11.9. The fourth-order valence-corrected chi connectivity index (χ4v) is 2.84. The number of unbranched alkanes of at least 4 members (excludes halogenated alkanes) is 3. The molecule has 1 amide bonds. The lowest BCUT2D eigenvalue weighted by Crippen LogP contribution is -2.21. The van der Waals surface area contributed by atoms with Gasteiger partial charge in [0.1, 0.15) is 0 Å². The fourth-order valence-electron chi connectivity index (χ4n) is 2.04. The predicted molar refractivity (Wildman–Crippen MR) is 78.3 cm³/mol. The van der Waals surface area contributed by atoms with Crippen LogP contribution in [0.2, 0.25) is 0 Å². The van der Waals surface area contributed by atoms with Gasteiger partial charge in [-0.15, -0.1) is 0 Å². The fraction of sp³-hybridized carbons (Fsp3) is 0.800. The summed E-state index contributed by atoms with van der Waals surface area (Å²) < 4.78 is 3.37. The van der Waals surface area contributed by atoms with E-state index in [1.54, 1.807) is 11.9 Å². The van der Waals surface area contributed by atoms with Crippen LogP contribution in [0.5, 0.6) is 0 Å². The van der Waals surface area contributed by atoms with Crippen LogP contribution in [0.3, 0.4) is 0 Å². The molecule has 2 fully saturated rings. The van der Waals surface area contributed by atoms with E-state index in [1.807, 2.05) is 0 Å². The second-order valence-corrected chi connectivity index (χ2v) is 7.34. The third-order valence-electron chi connectivity index (χ3n) is 3.89. The molecule has 0 aromatic rings. The molecule has 2 aliphatic carbocycles. The number of nitrogens with one attached hydrogen (secondary N) is 1. The van der Waals surface area contributed by atoms with Gasteiger partial charge in [-0.25, -0.2) is 0 Å². The summed E-state index contributed by atoms with van der Waals surface area (Å²) in [5.74, 6) is 1.01. The Hall–Kier alpha value is -0.440. The van der Waals surface area contributed by atoms with E-state index in [1.165, 1.54) is 38.5 Å². The Morgan fingerprint density at radius 3 is 2.89 bits per heavy atom. The van der Waals surface area contributed by atoms with Gasteiger partial charge in [-0.05, 0) is 56.9 Å². The molecule has 2 nitrogen and oxygen atoms in total. The first-order chi connectivity index (χ1) is 8.64. The van der Waals surface area contributed by atoms with E-state index in [0.29, 0.717) is 10.7 Å². The van der Waals surface area contributed by atoms with Gasteiger partial charge in [-0.1, -0.05) is 31.9 Å². The number of carbonyl (C=O) groups excluding carboxylic acids is 1. The summed E-state index contributed by atoms with van der Waals surface area (Å²) >= 11 is 1.63. The van der Waals surface area contributed by atoms with Gasteiger partial charge in [-0.2, -0.15) is 0 Å². The Kier molecular flexibility index (Phi) is 4.77. The summed E-state index contributed by atoms with van der Waals surface area (Å²) in [6, 6.07) is 0. The topological polar surface area (TPSA) is 29.1 Å². The average molecular weight is 267 g/mol. The highest BCUT2D eigenvalue weighted by atomic mass is 32.2. The molecule has 0 saturated heterocycles. The van der Waals surface area contributed by atoms with Crippen LogP contribution in [0.15, 0.2) is 12.2 Å². The highest BCUT2D eigenvalue weighted by Crippen LogP contribution is 2.47. The van der Waals surface area contributed by atoms with Crippen LogP contribution in [0.25, 0.3) is 0 Å². The summed E-state index contributed by atoms with van der Waals surface area (Å²) in [6.45, 7) is 4.44. The normalized spacial score (nSPS) is 28.3. The Morgan fingerprint density at radius 2 is 2.22 bits per heavy atom. The standard InChI is InChI=1S/C15H25NOS/c1-3-4-5-6-7-8-12-11-13(12)14(17)16-18-15(2)9-10-15/h7-8,12-13H,3-6,9-11H2,1-2H3,(H,16,17)/b8-7-. The zero-order valence-corrected chi connectivity index (χ0v) is 12.4. The minimum Gasteiger partial charge on any atom is -0.299 e. The number of carbonyl (C=O) groups is 1. The lowest BCUT2D eigenvalue weighted by molar-refractivity contribution is -0.120. The van der Waals surface area contributed by atoms with E-state index >= 15 is 0 Å². The molecule has 0 radical (unpaired) electrons. The minimum atomic E-state index is 0.247. The van der Waals surface area contributed by atoms with Gasteiger partial charge in [0.15, 0.2) is 0 Å². The number of hydrogen-bond acceptors (Lipinski definition) is 2. The van der Waals surface area contributed by atoms with Crippen LogP contribution in [-0.4, -0.2) is 10.7 Å². The van der Waals surface area contributed by atoms with Gasteiger partial charge in [0, 0.05) is 10.7 Å².